The molecule has 0 rings (SSSR count). The molecular formula is C6H19BIr-5. The SMILES string of the molecule is C.[B].[CH3-].[CH3-].[CH3-].[CH3-].[CH3-].[Ir]. The van der Waals surface area contributed by atoms with Crippen molar-refractivity contribution < 1.29 is 20.1 Å². The van der Waals surface area contributed by atoms with Gasteiger partial charge in [-0.15, -0.1) is 0 Å². The molecule has 0 nitrogen and oxygen atoms in total. The Morgan fingerprint density at radius 2 is 0.500 bits per heavy atom. The van der Waals surface area contributed by atoms with E-state index in [9.17, 15) is 0 Å². The Morgan fingerprint density at radius 3 is 0.500 bits per heavy atom. The van der Waals surface area contributed by atoms with Gasteiger partial charge in [0.15, 0.2) is 0 Å². The van der Waals surface area contributed by atoms with Gasteiger partial charge >= 0.3 is 0 Å². The van der Waals surface area contributed by atoms with Crippen LogP contribution in [0.15, 0.2) is 0 Å². The maximum Gasteiger partial charge on any atom is 0 e. The van der Waals surface area contributed by atoms with E-state index in [4.69, 9.17) is 0 Å². The Kier molecular flexibility index (Phi) is 86600. The molecule has 0 heterocycles. The van der Waals surface area contributed by atoms with Crippen LogP contribution < -0.4 is 0 Å². The van der Waals surface area contributed by atoms with Gasteiger partial charge in [-0.25, -0.2) is 0 Å². The second-order valence-electron chi connectivity index (χ2n) is 0. The van der Waals surface area contributed by atoms with Gasteiger partial charge in [0.1, 0.15) is 0 Å². The number of hydrogen-bond donors (Lipinski definition) is 0. The van der Waals surface area contributed by atoms with E-state index in [1.807, 2.05) is 0 Å². The molecule has 0 saturated carbocycles. The molecule has 0 fully saturated rings. The van der Waals surface area contributed by atoms with Crippen LogP contribution in [0.5, 0.6) is 0 Å². The number of rotatable bonds is 0. The minimum atomic E-state index is 0. The van der Waals surface area contributed by atoms with Crippen molar-refractivity contribution in [1.29, 1.82) is 0 Å². The summed E-state index contributed by atoms with van der Waals surface area (Å²) in [7, 11) is 0. The first-order valence-electron chi connectivity index (χ1n) is 0. The minimum Gasteiger partial charge on any atom is -0.358 e. The molecule has 8 heavy (non-hydrogen) atoms. The van der Waals surface area contributed by atoms with Gasteiger partial charge < -0.3 is 37.1 Å². The van der Waals surface area contributed by atoms with Crippen molar-refractivity contribution in [3.63, 3.8) is 0 Å². The van der Waals surface area contributed by atoms with Crippen molar-refractivity contribution in [3.05, 3.63) is 37.1 Å². The van der Waals surface area contributed by atoms with E-state index in [2.05, 4.69) is 0 Å². The quantitative estimate of drug-likeness (QED) is 0.476. The Bertz CT molecular complexity index is 8.49. The molecule has 60 valence electrons. The van der Waals surface area contributed by atoms with E-state index in [1.165, 1.54) is 0 Å². The predicted octanol–water partition coefficient (Wildman–Crippen LogP) is 2.50. The molecule has 0 aliphatic rings. The molecule has 0 N–H and O–H groups in total. The summed E-state index contributed by atoms with van der Waals surface area (Å²) in [5, 5.41) is 0. The Labute approximate surface area is 73.4 Å². The summed E-state index contributed by atoms with van der Waals surface area (Å²) in [5.74, 6) is 0. The molecule has 0 bridgehead atoms. The average Bonchev–Trinajstić information content (AvgIpc) is 0. The normalized spacial score (nSPS) is 0. The molecule has 0 atom stereocenters. The zero-order chi connectivity index (χ0) is 0. The average molecular weight is 294 g/mol. The van der Waals surface area contributed by atoms with Gasteiger partial charge in [-0.05, 0) is 0 Å². The Hall–Kier alpha value is 0.714. The molecule has 4 radical (unpaired) electrons. The summed E-state index contributed by atoms with van der Waals surface area (Å²) in [6.07, 6.45) is 0. The fraction of sp³-hybridized carbons (Fsp3) is 0.167. The van der Waals surface area contributed by atoms with Crippen molar-refractivity contribution in [2.75, 3.05) is 0 Å². The second-order valence-corrected chi connectivity index (χ2v) is 0. The first-order chi connectivity index (χ1) is 0. The van der Waals surface area contributed by atoms with E-state index >= 15 is 0 Å². The van der Waals surface area contributed by atoms with E-state index < -0.39 is 0 Å². The summed E-state index contributed by atoms with van der Waals surface area (Å²) in [6, 6.07) is 0. The zero-order valence-electron chi connectivity index (χ0n) is 5.91. The van der Waals surface area contributed by atoms with Crippen molar-refractivity contribution in [3.8, 4) is 0 Å². The van der Waals surface area contributed by atoms with Crippen LogP contribution >= 0.6 is 0 Å². The molecule has 0 aliphatic heterocycles. The molecular weight excluding hydrogens is 275 g/mol. The van der Waals surface area contributed by atoms with Crippen LogP contribution in [0.3, 0.4) is 0 Å². The maximum atomic E-state index is 0. The van der Waals surface area contributed by atoms with Crippen LogP contribution in [0.2, 0.25) is 0 Å². The van der Waals surface area contributed by atoms with Gasteiger partial charge in [-0.3, -0.25) is 0 Å². The van der Waals surface area contributed by atoms with E-state index in [0.29, 0.717) is 0 Å². The van der Waals surface area contributed by atoms with E-state index in [-0.39, 0.29) is 73.1 Å². The Morgan fingerprint density at radius 1 is 0.500 bits per heavy atom. The van der Waals surface area contributed by atoms with Crippen molar-refractivity contribution >= 4 is 8.41 Å². The molecule has 0 amide bonds. The van der Waals surface area contributed by atoms with Crippen molar-refractivity contribution in [2.24, 2.45) is 0 Å². The summed E-state index contributed by atoms with van der Waals surface area (Å²) < 4.78 is 0. The van der Waals surface area contributed by atoms with Crippen LogP contribution in [-0.4, -0.2) is 8.41 Å². The smallest absolute Gasteiger partial charge is 0 e. The molecule has 0 unspecified atom stereocenters. The fourth-order valence-electron chi connectivity index (χ4n) is 0. The predicted molar refractivity (Wildman–Crippen MR) is 44.6 cm³/mol. The fourth-order valence-corrected chi connectivity index (χ4v) is 0. The summed E-state index contributed by atoms with van der Waals surface area (Å²) in [4.78, 5) is 0. The maximum absolute atomic E-state index is 0. The summed E-state index contributed by atoms with van der Waals surface area (Å²) >= 11 is 0. The zero-order valence-corrected chi connectivity index (χ0v) is 8.31. The molecule has 0 aliphatic carbocycles. The summed E-state index contributed by atoms with van der Waals surface area (Å²) in [5.41, 5.74) is 0. The van der Waals surface area contributed by atoms with E-state index in [1.54, 1.807) is 0 Å². The first kappa shape index (κ1) is 1020. The van der Waals surface area contributed by atoms with Gasteiger partial charge in [-0.2, -0.15) is 0 Å². The minimum absolute atomic E-state index is 0. The van der Waals surface area contributed by atoms with Gasteiger partial charge in [0.05, 0.1) is 0 Å². The largest absolute Gasteiger partial charge is 0.358 e. The monoisotopic (exact) mass is 295 g/mol. The molecule has 0 aromatic heterocycles. The van der Waals surface area contributed by atoms with Crippen LogP contribution in [0.4, 0.5) is 0 Å². The third-order valence-electron chi connectivity index (χ3n) is 0. The number of hydrogen-bond acceptors (Lipinski definition) is 0. The topological polar surface area (TPSA) is 0 Å². The van der Waals surface area contributed by atoms with Crippen LogP contribution in [-0.2, 0) is 20.1 Å². The second kappa shape index (κ2) is 682. The van der Waals surface area contributed by atoms with Gasteiger partial charge in [0.25, 0.3) is 0 Å². The standard InChI is InChI=1S/CH4.5CH3.B.Ir/h1H4;5*1H3;;/q;5*-1;;. The molecule has 0 saturated heterocycles. The van der Waals surface area contributed by atoms with E-state index in [0.717, 1.165) is 0 Å². The van der Waals surface area contributed by atoms with Crippen LogP contribution in [0, 0.1) is 37.1 Å². The van der Waals surface area contributed by atoms with Crippen molar-refractivity contribution in [2.45, 2.75) is 7.43 Å². The van der Waals surface area contributed by atoms with Crippen LogP contribution in [0.1, 0.15) is 7.43 Å². The molecule has 2 heteroatoms. The Balaban J connectivity index is 0. The first-order valence-corrected chi connectivity index (χ1v) is 0. The van der Waals surface area contributed by atoms with Gasteiger partial charge in [0, 0.05) is 28.5 Å². The molecule has 0 aromatic rings. The van der Waals surface area contributed by atoms with Crippen LogP contribution in [0.25, 0.3) is 0 Å². The van der Waals surface area contributed by atoms with Gasteiger partial charge in [-0.1, -0.05) is 7.43 Å². The van der Waals surface area contributed by atoms with Gasteiger partial charge in [0.2, 0.25) is 0 Å². The third kappa shape index (κ3) is 430. The summed E-state index contributed by atoms with van der Waals surface area (Å²) in [6.45, 7) is 0. The third-order valence-corrected chi connectivity index (χ3v) is 0. The van der Waals surface area contributed by atoms with Crippen molar-refractivity contribution in [1.82, 2.24) is 0 Å². The molecule has 0 aromatic carbocycles. The molecule has 0 spiro atoms.